The summed E-state index contributed by atoms with van der Waals surface area (Å²) in [5.41, 5.74) is 2.61. The summed E-state index contributed by atoms with van der Waals surface area (Å²) in [5, 5.41) is 0. The molecule has 6 nitrogen and oxygen atoms in total. The van der Waals surface area contributed by atoms with Crippen LogP contribution < -0.4 is 9.64 Å². The number of aromatic nitrogens is 2. The monoisotopic (exact) mass is 414 g/mol. The summed E-state index contributed by atoms with van der Waals surface area (Å²) in [6.45, 7) is 5.85. The Balaban J connectivity index is 1.54. The van der Waals surface area contributed by atoms with Crippen LogP contribution in [-0.4, -0.2) is 67.6 Å². The molecule has 29 heavy (non-hydrogen) atoms. The van der Waals surface area contributed by atoms with E-state index in [1.165, 1.54) is 16.1 Å². The SMILES string of the molecule is COCC1CN(C)CC(C)C1Oc1cc(N2CCc3cc(SC)ccc32)ncn1. The highest BCUT2D eigenvalue weighted by atomic mass is 32.2. The molecule has 3 atom stereocenters. The molecule has 0 saturated carbocycles. The van der Waals surface area contributed by atoms with Crippen molar-refractivity contribution in [3.8, 4) is 5.88 Å². The molecular formula is C22H30N4O2S. The second-order valence-corrected chi connectivity index (χ2v) is 8.99. The van der Waals surface area contributed by atoms with Crippen molar-refractivity contribution in [2.75, 3.05) is 51.6 Å². The molecule has 156 valence electrons. The number of hydrogen-bond donors (Lipinski definition) is 0. The Morgan fingerprint density at radius 3 is 2.86 bits per heavy atom. The number of rotatable bonds is 6. The molecule has 2 aromatic rings. The van der Waals surface area contributed by atoms with Gasteiger partial charge in [-0.25, -0.2) is 9.97 Å². The summed E-state index contributed by atoms with van der Waals surface area (Å²) in [7, 11) is 3.91. The van der Waals surface area contributed by atoms with Crippen molar-refractivity contribution in [3.05, 3.63) is 36.2 Å². The second-order valence-electron chi connectivity index (χ2n) is 8.11. The Morgan fingerprint density at radius 2 is 2.07 bits per heavy atom. The van der Waals surface area contributed by atoms with Crippen molar-refractivity contribution in [2.24, 2.45) is 11.8 Å². The summed E-state index contributed by atoms with van der Waals surface area (Å²) >= 11 is 1.78. The lowest BCUT2D eigenvalue weighted by Gasteiger charge is -2.40. The smallest absolute Gasteiger partial charge is 0.218 e. The zero-order valence-corrected chi connectivity index (χ0v) is 18.5. The lowest BCUT2D eigenvalue weighted by molar-refractivity contribution is -0.0238. The minimum Gasteiger partial charge on any atom is -0.473 e. The molecular weight excluding hydrogens is 384 g/mol. The van der Waals surface area contributed by atoms with Gasteiger partial charge < -0.3 is 19.3 Å². The van der Waals surface area contributed by atoms with E-state index in [9.17, 15) is 0 Å². The highest BCUT2D eigenvalue weighted by Gasteiger charge is 2.35. The molecule has 0 amide bonds. The van der Waals surface area contributed by atoms with E-state index in [1.807, 2.05) is 6.07 Å². The van der Waals surface area contributed by atoms with Crippen LogP contribution in [0, 0.1) is 11.8 Å². The van der Waals surface area contributed by atoms with Crippen molar-refractivity contribution in [1.29, 1.82) is 0 Å². The zero-order valence-electron chi connectivity index (χ0n) is 17.7. The highest BCUT2D eigenvalue weighted by molar-refractivity contribution is 7.98. The minimum absolute atomic E-state index is 0.0869. The van der Waals surface area contributed by atoms with Gasteiger partial charge in [0.25, 0.3) is 0 Å². The Bertz CT molecular complexity index is 849. The van der Waals surface area contributed by atoms with E-state index in [-0.39, 0.29) is 6.10 Å². The molecule has 0 N–H and O–H groups in total. The predicted octanol–water partition coefficient (Wildman–Crippen LogP) is 3.48. The first-order valence-electron chi connectivity index (χ1n) is 10.2. The molecule has 3 heterocycles. The van der Waals surface area contributed by atoms with Crippen LogP contribution in [0.15, 0.2) is 35.5 Å². The standard InChI is InChI=1S/C22H30N4O2S/c1-15-11-25(2)12-17(13-27-3)22(15)28-21-10-20(23-14-24-21)26-8-7-16-9-18(29-4)5-6-19(16)26/h5-6,9-10,14-15,17,22H,7-8,11-13H2,1-4H3. The number of piperidine rings is 1. The van der Waals surface area contributed by atoms with Gasteiger partial charge >= 0.3 is 0 Å². The van der Waals surface area contributed by atoms with Gasteiger partial charge in [-0.2, -0.15) is 0 Å². The Morgan fingerprint density at radius 1 is 1.21 bits per heavy atom. The lowest BCUT2D eigenvalue weighted by atomic mass is 9.87. The van der Waals surface area contributed by atoms with Gasteiger partial charge in [0.2, 0.25) is 5.88 Å². The molecule has 1 saturated heterocycles. The van der Waals surface area contributed by atoms with E-state index >= 15 is 0 Å². The molecule has 3 unspecified atom stereocenters. The molecule has 0 aliphatic carbocycles. The summed E-state index contributed by atoms with van der Waals surface area (Å²) in [6, 6.07) is 8.64. The quantitative estimate of drug-likeness (QED) is 0.671. The molecule has 0 radical (unpaired) electrons. The molecule has 2 aliphatic rings. The Labute approximate surface area is 177 Å². The first kappa shape index (κ1) is 20.4. The van der Waals surface area contributed by atoms with E-state index < -0.39 is 0 Å². The van der Waals surface area contributed by atoms with Crippen molar-refractivity contribution in [3.63, 3.8) is 0 Å². The normalized spacial score (nSPS) is 24.6. The van der Waals surface area contributed by atoms with Crippen LogP contribution in [0.25, 0.3) is 0 Å². The van der Waals surface area contributed by atoms with E-state index in [2.05, 4.69) is 58.2 Å². The molecule has 4 rings (SSSR count). The van der Waals surface area contributed by atoms with Gasteiger partial charge in [0.15, 0.2) is 0 Å². The van der Waals surface area contributed by atoms with Crippen molar-refractivity contribution >= 4 is 23.3 Å². The molecule has 0 spiro atoms. The van der Waals surface area contributed by atoms with Gasteiger partial charge in [0, 0.05) is 55.2 Å². The molecule has 0 bridgehead atoms. The Kier molecular flexibility index (Phi) is 6.27. The number of thioether (sulfide) groups is 1. The second kappa shape index (κ2) is 8.90. The number of anilines is 2. The lowest BCUT2D eigenvalue weighted by Crippen LogP contribution is -2.50. The third-order valence-corrected chi connectivity index (χ3v) is 6.62. The number of nitrogens with zero attached hydrogens (tertiary/aromatic N) is 4. The van der Waals surface area contributed by atoms with Gasteiger partial charge in [0.1, 0.15) is 18.2 Å². The summed E-state index contributed by atoms with van der Waals surface area (Å²) in [6.07, 6.45) is 4.85. The van der Waals surface area contributed by atoms with Crippen LogP contribution in [0.4, 0.5) is 11.5 Å². The fourth-order valence-electron chi connectivity index (χ4n) is 4.64. The third kappa shape index (κ3) is 4.37. The van der Waals surface area contributed by atoms with Crippen molar-refractivity contribution in [1.82, 2.24) is 14.9 Å². The number of fused-ring (bicyclic) bond motifs is 1. The number of hydrogen-bond acceptors (Lipinski definition) is 7. The zero-order chi connectivity index (χ0) is 20.4. The van der Waals surface area contributed by atoms with Crippen LogP contribution in [0.2, 0.25) is 0 Å². The van der Waals surface area contributed by atoms with Gasteiger partial charge in [-0.15, -0.1) is 11.8 Å². The van der Waals surface area contributed by atoms with Crippen molar-refractivity contribution < 1.29 is 9.47 Å². The van der Waals surface area contributed by atoms with Crippen LogP contribution in [0.5, 0.6) is 5.88 Å². The van der Waals surface area contributed by atoms with Gasteiger partial charge in [-0.3, -0.25) is 0 Å². The van der Waals surface area contributed by atoms with Gasteiger partial charge in [-0.1, -0.05) is 6.92 Å². The average molecular weight is 415 g/mol. The molecule has 1 aromatic carbocycles. The summed E-state index contributed by atoms with van der Waals surface area (Å²) in [4.78, 5) is 14.9. The fourth-order valence-corrected chi connectivity index (χ4v) is 5.10. The largest absolute Gasteiger partial charge is 0.473 e. The summed E-state index contributed by atoms with van der Waals surface area (Å²) in [5.74, 6) is 2.27. The van der Waals surface area contributed by atoms with Gasteiger partial charge in [0.05, 0.1) is 6.61 Å². The number of benzene rings is 1. The van der Waals surface area contributed by atoms with E-state index in [4.69, 9.17) is 9.47 Å². The minimum atomic E-state index is 0.0869. The molecule has 2 aliphatic heterocycles. The first-order chi connectivity index (χ1) is 14.1. The first-order valence-corrected chi connectivity index (χ1v) is 11.4. The van der Waals surface area contributed by atoms with Crippen LogP contribution in [-0.2, 0) is 11.2 Å². The topological polar surface area (TPSA) is 50.7 Å². The number of likely N-dealkylation sites (tertiary alicyclic amines) is 1. The van der Waals surface area contributed by atoms with Crippen molar-refractivity contribution in [2.45, 2.75) is 24.3 Å². The van der Waals surface area contributed by atoms with E-state index in [0.29, 0.717) is 24.3 Å². The molecule has 1 aromatic heterocycles. The fraction of sp³-hybridized carbons (Fsp3) is 0.545. The maximum Gasteiger partial charge on any atom is 0.218 e. The maximum absolute atomic E-state index is 6.42. The molecule has 7 heteroatoms. The van der Waals surface area contributed by atoms with Gasteiger partial charge in [-0.05, 0) is 43.5 Å². The Hall–Kier alpha value is -1.83. The maximum atomic E-state index is 6.42. The number of methoxy groups -OCH3 is 1. The van der Waals surface area contributed by atoms with E-state index in [1.54, 1.807) is 25.2 Å². The van der Waals surface area contributed by atoms with Crippen LogP contribution in [0.3, 0.4) is 0 Å². The van der Waals surface area contributed by atoms with Crippen LogP contribution in [0.1, 0.15) is 12.5 Å². The predicted molar refractivity (Wildman–Crippen MR) is 117 cm³/mol. The summed E-state index contributed by atoms with van der Waals surface area (Å²) < 4.78 is 11.9. The van der Waals surface area contributed by atoms with E-state index in [0.717, 1.165) is 31.9 Å². The molecule has 1 fully saturated rings. The number of ether oxygens (including phenoxy) is 2. The third-order valence-electron chi connectivity index (χ3n) is 5.90. The highest BCUT2D eigenvalue weighted by Crippen LogP contribution is 2.36. The van der Waals surface area contributed by atoms with Crippen LogP contribution >= 0.6 is 11.8 Å². The average Bonchev–Trinajstić information content (AvgIpc) is 3.14.